The van der Waals surface area contributed by atoms with Gasteiger partial charge in [0.15, 0.2) is 5.13 Å². The molecule has 1 fully saturated rings. The third-order valence-electron chi connectivity index (χ3n) is 5.38. The highest BCUT2D eigenvalue weighted by atomic mass is 35.5. The fourth-order valence-electron chi connectivity index (χ4n) is 3.83. The van der Waals surface area contributed by atoms with Crippen LogP contribution in [0.4, 0.5) is 15.2 Å². The fourth-order valence-corrected chi connectivity index (χ4v) is 5.99. The van der Waals surface area contributed by atoms with Crippen molar-refractivity contribution in [2.24, 2.45) is 11.8 Å². The first-order valence-electron chi connectivity index (χ1n) is 9.10. The maximum atomic E-state index is 14.7. The van der Waals surface area contributed by atoms with E-state index >= 15 is 0 Å². The number of nitrogens with zero attached hydrogens (tertiary/aromatic N) is 2. The molecule has 6 nitrogen and oxygen atoms in total. The number of nitrogens with one attached hydrogen (secondary N) is 2. The summed E-state index contributed by atoms with van der Waals surface area (Å²) in [5, 5.41) is 5.25. The molecule has 2 N–H and O–H groups in total. The molecular formula is C19H20ClFN4O2S2. The highest BCUT2D eigenvalue weighted by Crippen LogP contribution is 2.38. The van der Waals surface area contributed by atoms with Crippen LogP contribution in [0.3, 0.4) is 0 Å². The van der Waals surface area contributed by atoms with E-state index in [0.717, 1.165) is 36.3 Å². The maximum absolute atomic E-state index is 14.7. The molecule has 2 aliphatic rings. The van der Waals surface area contributed by atoms with Crippen molar-refractivity contribution >= 4 is 43.8 Å². The summed E-state index contributed by atoms with van der Waals surface area (Å²) in [4.78, 5) is 5.48. The van der Waals surface area contributed by atoms with Crippen molar-refractivity contribution < 1.29 is 12.8 Å². The first-order chi connectivity index (χ1) is 13.7. The number of hydrogen-bond acceptors (Lipinski definition) is 6. The summed E-state index contributed by atoms with van der Waals surface area (Å²) in [7, 11) is -0.117. The van der Waals surface area contributed by atoms with Gasteiger partial charge >= 0.3 is 0 Å². The van der Waals surface area contributed by atoms with Gasteiger partial charge < -0.3 is 10.2 Å². The molecule has 2 aliphatic carbocycles. The van der Waals surface area contributed by atoms with Crippen molar-refractivity contribution in [3.8, 4) is 11.8 Å². The Kier molecular flexibility index (Phi) is 5.46. The predicted molar refractivity (Wildman–Crippen MR) is 113 cm³/mol. The molecule has 4 rings (SSSR count). The molecule has 0 radical (unpaired) electrons. The highest BCUT2D eigenvalue weighted by molar-refractivity contribution is 7.93. The van der Waals surface area contributed by atoms with Gasteiger partial charge in [-0.15, -0.1) is 11.3 Å². The van der Waals surface area contributed by atoms with Crippen molar-refractivity contribution in [2.75, 3.05) is 24.1 Å². The molecule has 0 bridgehead atoms. The number of thiazole rings is 1. The van der Waals surface area contributed by atoms with Gasteiger partial charge in [-0.1, -0.05) is 23.4 Å². The minimum Gasteiger partial charge on any atom is -0.379 e. The van der Waals surface area contributed by atoms with Crippen LogP contribution in [0, 0.1) is 29.5 Å². The average molecular weight is 455 g/mol. The molecule has 1 aromatic heterocycles. The molecule has 4 atom stereocenters. The monoisotopic (exact) mass is 454 g/mol. The Morgan fingerprint density at radius 1 is 1.28 bits per heavy atom. The lowest BCUT2D eigenvalue weighted by atomic mass is 9.70. The van der Waals surface area contributed by atoms with E-state index in [1.807, 2.05) is 14.1 Å². The summed E-state index contributed by atoms with van der Waals surface area (Å²) in [5.41, 5.74) is 0.375. The van der Waals surface area contributed by atoms with Crippen LogP contribution in [0.5, 0.6) is 0 Å². The molecule has 0 spiro atoms. The number of aromatic nitrogens is 1. The van der Waals surface area contributed by atoms with Gasteiger partial charge in [0.2, 0.25) is 0 Å². The lowest BCUT2D eigenvalue weighted by Gasteiger charge is -2.44. The standard InChI is InChI=1S/C19H20ClFN4O2S2/c1-25(2)17-8-12-4-3-11(12)7-16(17)23-15-10-14(21)18(9-13(15)20)29(26,27)24-19-22-5-6-28-19/h5-6,9-12,16-17,23H,7-8H2,1-2H3,(H,22,24)/t11-,12+,16+,17+/m1/s1. The quantitative estimate of drug-likeness (QED) is 0.653. The second-order valence-corrected chi connectivity index (χ2v) is 10.4. The van der Waals surface area contributed by atoms with E-state index in [0.29, 0.717) is 17.5 Å². The first-order valence-corrected chi connectivity index (χ1v) is 11.8. The van der Waals surface area contributed by atoms with Crippen LogP contribution in [0.2, 0.25) is 5.02 Å². The van der Waals surface area contributed by atoms with Gasteiger partial charge in [0.1, 0.15) is 10.7 Å². The van der Waals surface area contributed by atoms with Crippen LogP contribution in [-0.4, -0.2) is 44.5 Å². The molecule has 10 heteroatoms. The minimum atomic E-state index is -4.13. The summed E-state index contributed by atoms with van der Waals surface area (Å²) in [6, 6.07) is 2.53. The summed E-state index contributed by atoms with van der Waals surface area (Å²) >= 11 is 7.44. The number of anilines is 2. The molecule has 1 saturated carbocycles. The Hall–Kier alpha value is -1.86. The molecule has 1 aromatic carbocycles. The number of benzene rings is 1. The summed E-state index contributed by atoms with van der Waals surface area (Å²) in [6.45, 7) is 0. The van der Waals surface area contributed by atoms with E-state index in [-0.39, 0.29) is 22.2 Å². The van der Waals surface area contributed by atoms with Crippen molar-refractivity contribution in [3.63, 3.8) is 0 Å². The number of halogens is 2. The number of hydrogen-bond donors (Lipinski definition) is 2. The van der Waals surface area contributed by atoms with E-state index in [1.54, 1.807) is 5.38 Å². The van der Waals surface area contributed by atoms with Crippen LogP contribution >= 0.6 is 22.9 Å². The second kappa shape index (κ2) is 7.76. The third-order valence-corrected chi connectivity index (χ3v) is 7.86. The topological polar surface area (TPSA) is 74.3 Å². The van der Waals surface area contributed by atoms with Crippen LogP contribution in [0.15, 0.2) is 28.6 Å². The third kappa shape index (κ3) is 4.08. The molecule has 0 unspecified atom stereocenters. The maximum Gasteiger partial charge on any atom is 0.266 e. The van der Waals surface area contributed by atoms with Gasteiger partial charge in [-0.25, -0.2) is 17.8 Å². The Balaban J connectivity index is 1.58. The molecule has 0 aliphatic heterocycles. The average Bonchev–Trinajstić information content (AvgIpc) is 3.12. The normalized spacial score (nSPS) is 25.6. The van der Waals surface area contributed by atoms with Crippen LogP contribution in [0.25, 0.3) is 0 Å². The van der Waals surface area contributed by atoms with Gasteiger partial charge in [0, 0.05) is 35.5 Å². The van der Waals surface area contributed by atoms with Crippen molar-refractivity contribution in [1.82, 2.24) is 9.88 Å². The number of likely N-dealkylation sites (N-methyl/N-ethyl adjacent to an activating group) is 1. The molecule has 1 heterocycles. The summed E-state index contributed by atoms with van der Waals surface area (Å²) in [6.07, 6.45) is 3.23. The largest absolute Gasteiger partial charge is 0.379 e. The summed E-state index contributed by atoms with van der Waals surface area (Å²) < 4.78 is 42.0. The number of sulfonamides is 1. The van der Waals surface area contributed by atoms with E-state index < -0.39 is 20.7 Å². The molecule has 0 amide bonds. The first kappa shape index (κ1) is 20.4. The highest BCUT2D eigenvalue weighted by Gasteiger charge is 2.40. The molecule has 154 valence electrons. The van der Waals surface area contributed by atoms with Crippen molar-refractivity contribution in [3.05, 3.63) is 34.5 Å². The molecule has 0 saturated heterocycles. The van der Waals surface area contributed by atoms with E-state index in [2.05, 4.69) is 31.8 Å². The smallest absolute Gasteiger partial charge is 0.266 e. The molecule has 29 heavy (non-hydrogen) atoms. The van der Waals surface area contributed by atoms with Gasteiger partial charge in [-0.2, -0.15) is 0 Å². The fraction of sp³-hybridized carbons (Fsp3) is 0.421. The van der Waals surface area contributed by atoms with Crippen LogP contribution in [-0.2, 0) is 10.0 Å². The Bertz CT molecular complexity index is 1080. The zero-order valence-electron chi connectivity index (χ0n) is 15.8. The lowest BCUT2D eigenvalue weighted by Crippen LogP contribution is -2.51. The van der Waals surface area contributed by atoms with Crippen LogP contribution in [0.1, 0.15) is 12.8 Å². The zero-order chi connectivity index (χ0) is 20.8. The lowest BCUT2D eigenvalue weighted by molar-refractivity contribution is 0.161. The Labute approximate surface area is 178 Å². The van der Waals surface area contributed by atoms with Gasteiger partial charge in [0.05, 0.1) is 10.7 Å². The van der Waals surface area contributed by atoms with E-state index in [1.165, 1.54) is 6.20 Å². The predicted octanol–water partition coefficient (Wildman–Crippen LogP) is 3.49. The van der Waals surface area contributed by atoms with Gasteiger partial charge in [-0.3, -0.25) is 4.72 Å². The second-order valence-electron chi connectivity index (χ2n) is 7.46. The Morgan fingerprint density at radius 2 is 2.00 bits per heavy atom. The van der Waals surface area contributed by atoms with Crippen molar-refractivity contribution in [2.45, 2.75) is 29.8 Å². The SMILES string of the molecule is CN(C)[C@H]1C[C@@H]2C#C[C@@H]2C[C@@H]1Nc1cc(F)c(S(=O)(=O)Nc2nccs2)cc1Cl. The van der Waals surface area contributed by atoms with Crippen molar-refractivity contribution in [1.29, 1.82) is 0 Å². The molecular weight excluding hydrogens is 435 g/mol. The Morgan fingerprint density at radius 3 is 2.62 bits per heavy atom. The number of rotatable bonds is 6. The van der Waals surface area contributed by atoms with E-state index in [9.17, 15) is 12.8 Å². The van der Waals surface area contributed by atoms with Gasteiger partial charge in [0.25, 0.3) is 10.0 Å². The molecule has 2 aromatic rings. The van der Waals surface area contributed by atoms with Gasteiger partial charge in [-0.05, 0) is 39.1 Å². The number of fused-ring (bicyclic) bond motifs is 1. The van der Waals surface area contributed by atoms with Crippen LogP contribution < -0.4 is 10.0 Å². The minimum absolute atomic E-state index is 0.0358. The summed E-state index contributed by atoms with van der Waals surface area (Å²) in [5.74, 6) is 6.28. The van der Waals surface area contributed by atoms with E-state index in [4.69, 9.17) is 11.6 Å². The zero-order valence-corrected chi connectivity index (χ0v) is 18.2.